The lowest BCUT2D eigenvalue weighted by Crippen LogP contribution is -2.35. The second-order valence-corrected chi connectivity index (χ2v) is 3.24. The molecule has 66 valence electrons. The molecule has 0 spiro atoms. The summed E-state index contributed by atoms with van der Waals surface area (Å²) in [6.07, 6.45) is 0.659. The van der Waals surface area contributed by atoms with Gasteiger partial charge in [0.2, 0.25) is 0 Å². The molecule has 0 bridgehead atoms. The van der Waals surface area contributed by atoms with E-state index in [0.29, 0.717) is 13.2 Å². The maximum atomic E-state index is 9.09. The molecule has 1 aliphatic rings. The van der Waals surface area contributed by atoms with E-state index in [0.717, 1.165) is 6.42 Å². The minimum absolute atomic E-state index is 0.119. The van der Waals surface area contributed by atoms with Gasteiger partial charge in [-0.05, 0) is 6.42 Å². The van der Waals surface area contributed by atoms with E-state index < -0.39 is 0 Å². The fourth-order valence-electron chi connectivity index (χ4n) is 1.11. The third-order valence-electron chi connectivity index (χ3n) is 2.36. The molecule has 0 radical (unpaired) electrons. The summed E-state index contributed by atoms with van der Waals surface area (Å²) in [5.41, 5.74) is -0.226. The van der Waals surface area contributed by atoms with Crippen molar-refractivity contribution >= 4 is 0 Å². The van der Waals surface area contributed by atoms with Crippen molar-refractivity contribution in [2.45, 2.75) is 26.6 Å². The van der Waals surface area contributed by atoms with Crippen LogP contribution in [0.5, 0.6) is 0 Å². The van der Waals surface area contributed by atoms with Gasteiger partial charge in [-0.1, -0.05) is 13.8 Å². The van der Waals surface area contributed by atoms with Gasteiger partial charge in [-0.15, -0.1) is 0 Å². The minimum Gasteiger partial charge on any atom is -0.396 e. The van der Waals surface area contributed by atoms with Gasteiger partial charge in [-0.3, -0.25) is 0 Å². The topological polar surface area (TPSA) is 38.7 Å². The van der Waals surface area contributed by atoms with Crippen molar-refractivity contribution in [2.75, 3.05) is 19.8 Å². The van der Waals surface area contributed by atoms with Crippen LogP contribution in [0.2, 0.25) is 0 Å². The molecule has 1 unspecified atom stereocenters. The molecule has 0 saturated carbocycles. The summed E-state index contributed by atoms with van der Waals surface area (Å²) in [6.45, 7) is 5.43. The summed E-state index contributed by atoms with van der Waals surface area (Å²) < 4.78 is 10.6. The molecule has 1 heterocycles. The Hall–Kier alpha value is -0.120. The van der Waals surface area contributed by atoms with Gasteiger partial charge in [0, 0.05) is 5.41 Å². The molecule has 0 amide bonds. The number of aliphatic hydroxyl groups is 1. The summed E-state index contributed by atoms with van der Waals surface area (Å²) in [5.74, 6) is 0. The third kappa shape index (κ3) is 1.72. The van der Waals surface area contributed by atoms with Crippen LogP contribution in [0.3, 0.4) is 0 Å². The highest BCUT2D eigenvalue weighted by atomic mass is 16.7. The third-order valence-corrected chi connectivity index (χ3v) is 2.36. The van der Waals surface area contributed by atoms with Crippen molar-refractivity contribution in [3.63, 3.8) is 0 Å². The number of hydrogen-bond acceptors (Lipinski definition) is 3. The number of aliphatic hydroxyl groups excluding tert-OH is 1. The van der Waals surface area contributed by atoms with Crippen molar-refractivity contribution in [2.24, 2.45) is 5.41 Å². The van der Waals surface area contributed by atoms with Crippen LogP contribution in [-0.2, 0) is 9.47 Å². The Morgan fingerprint density at radius 2 is 2.00 bits per heavy atom. The van der Waals surface area contributed by atoms with E-state index in [1.807, 2.05) is 13.8 Å². The fourth-order valence-corrected chi connectivity index (χ4v) is 1.11. The monoisotopic (exact) mass is 160 g/mol. The Labute approximate surface area is 67.3 Å². The van der Waals surface area contributed by atoms with Gasteiger partial charge in [0.25, 0.3) is 0 Å². The quantitative estimate of drug-likeness (QED) is 0.662. The minimum atomic E-state index is -0.226. The summed E-state index contributed by atoms with van der Waals surface area (Å²) in [5, 5.41) is 9.09. The van der Waals surface area contributed by atoms with Gasteiger partial charge in [0.15, 0.2) is 6.29 Å². The van der Waals surface area contributed by atoms with E-state index in [1.165, 1.54) is 0 Å². The molecule has 0 aromatic rings. The lowest BCUT2D eigenvalue weighted by atomic mass is 9.88. The fraction of sp³-hybridized carbons (Fsp3) is 1.00. The Bertz CT molecular complexity index is 115. The summed E-state index contributed by atoms with van der Waals surface area (Å²) in [4.78, 5) is 0. The van der Waals surface area contributed by atoms with E-state index in [-0.39, 0.29) is 18.3 Å². The first-order chi connectivity index (χ1) is 5.23. The molecule has 0 aromatic carbocycles. The van der Waals surface area contributed by atoms with Crippen LogP contribution < -0.4 is 0 Å². The number of ether oxygens (including phenoxy) is 2. The standard InChI is InChI=1S/C8H16O3/c1-3-8(2,6-9)7-10-4-5-11-7/h7,9H,3-6H2,1-2H3. The number of hydrogen-bond donors (Lipinski definition) is 1. The second kappa shape index (κ2) is 3.52. The normalized spacial score (nSPS) is 25.4. The first-order valence-electron chi connectivity index (χ1n) is 4.07. The van der Waals surface area contributed by atoms with Crippen LogP contribution in [0.4, 0.5) is 0 Å². The predicted octanol–water partition coefficient (Wildman–Crippen LogP) is 0.768. The van der Waals surface area contributed by atoms with Gasteiger partial charge in [-0.25, -0.2) is 0 Å². The number of rotatable bonds is 3. The SMILES string of the molecule is CCC(C)(CO)C1OCCO1. The molecule has 1 aliphatic heterocycles. The van der Waals surface area contributed by atoms with Crippen LogP contribution >= 0.6 is 0 Å². The molecular weight excluding hydrogens is 144 g/mol. The van der Waals surface area contributed by atoms with Crippen LogP contribution in [0, 0.1) is 5.41 Å². The molecule has 11 heavy (non-hydrogen) atoms. The van der Waals surface area contributed by atoms with Gasteiger partial charge in [0.05, 0.1) is 19.8 Å². The highest BCUT2D eigenvalue weighted by Crippen LogP contribution is 2.30. The molecule has 0 aliphatic carbocycles. The molecule has 1 atom stereocenters. The molecule has 1 rings (SSSR count). The average molecular weight is 160 g/mol. The maximum Gasteiger partial charge on any atom is 0.165 e. The van der Waals surface area contributed by atoms with E-state index in [1.54, 1.807) is 0 Å². The maximum absolute atomic E-state index is 9.09. The first-order valence-corrected chi connectivity index (χ1v) is 4.07. The van der Waals surface area contributed by atoms with E-state index in [2.05, 4.69) is 0 Å². The van der Waals surface area contributed by atoms with Crippen LogP contribution in [0.15, 0.2) is 0 Å². The van der Waals surface area contributed by atoms with E-state index in [4.69, 9.17) is 14.6 Å². The van der Waals surface area contributed by atoms with Crippen molar-refractivity contribution in [3.8, 4) is 0 Å². The predicted molar refractivity (Wildman–Crippen MR) is 41.2 cm³/mol. The molecule has 1 saturated heterocycles. The molecular formula is C8H16O3. The first kappa shape index (κ1) is 8.97. The van der Waals surface area contributed by atoms with Crippen LogP contribution in [0.1, 0.15) is 20.3 Å². The lowest BCUT2D eigenvalue weighted by Gasteiger charge is -2.30. The Balaban J connectivity index is 2.52. The molecule has 0 aromatic heterocycles. The lowest BCUT2D eigenvalue weighted by molar-refractivity contribution is -0.143. The summed E-state index contributed by atoms with van der Waals surface area (Å²) in [7, 11) is 0. The smallest absolute Gasteiger partial charge is 0.165 e. The zero-order valence-corrected chi connectivity index (χ0v) is 7.17. The Morgan fingerprint density at radius 3 is 2.36 bits per heavy atom. The van der Waals surface area contributed by atoms with Gasteiger partial charge in [-0.2, -0.15) is 0 Å². The summed E-state index contributed by atoms with van der Waals surface area (Å²) >= 11 is 0. The average Bonchev–Trinajstić information content (AvgIpc) is 2.55. The van der Waals surface area contributed by atoms with Gasteiger partial charge < -0.3 is 14.6 Å². The van der Waals surface area contributed by atoms with E-state index >= 15 is 0 Å². The van der Waals surface area contributed by atoms with Crippen molar-refractivity contribution in [1.82, 2.24) is 0 Å². The van der Waals surface area contributed by atoms with Crippen molar-refractivity contribution in [1.29, 1.82) is 0 Å². The molecule has 3 heteroatoms. The van der Waals surface area contributed by atoms with Crippen LogP contribution in [-0.4, -0.2) is 31.2 Å². The Kier molecular flexibility index (Phi) is 2.87. The highest BCUT2D eigenvalue weighted by molar-refractivity contribution is 4.77. The van der Waals surface area contributed by atoms with Crippen molar-refractivity contribution < 1.29 is 14.6 Å². The second-order valence-electron chi connectivity index (χ2n) is 3.24. The van der Waals surface area contributed by atoms with Gasteiger partial charge in [0.1, 0.15) is 0 Å². The van der Waals surface area contributed by atoms with Crippen LogP contribution in [0.25, 0.3) is 0 Å². The summed E-state index contributed by atoms with van der Waals surface area (Å²) in [6, 6.07) is 0. The zero-order chi connectivity index (χ0) is 8.32. The highest BCUT2D eigenvalue weighted by Gasteiger charge is 2.36. The van der Waals surface area contributed by atoms with Gasteiger partial charge >= 0.3 is 0 Å². The molecule has 1 N–H and O–H groups in total. The van der Waals surface area contributed by atoms with Crippen molar-refractivity contribution in [3.05, 3.63) is 0 Å². The molecule has 1 fully saturated rings. The zero-order valence-electron chi connectivity index (χ0n) is 7.17. The van der Waals surface area contributed by atoms with E-state index in [9.17, 15) is 0 Å². The Morgan fingerprint density at radius 1 is 1.45 bits per heavy atom. The largest absolute Gasteiger partial charge is 0.396 e. The molecule has 3 nitrogen and oxygen atoms in total.